The van der Waals surface area contributed by atoms with E-state index in [4.69, 9.17) is 4.43 Å². The summed E-state index contributed by atoms with van der Waals surface area (Å²) >= 11 is 0. The summed E-state index contributed by atoms with van der Waals surface area (Å²) in [6.07, 6.45) is 3.37. The molecule has 0 rings (SSSR count). The zero-order valence-electron chi connectivity index (χ0n) is 8.55. The van der Waals surface area contributed by atoms with Crippen molar-refractivity contribution in [3.05, 3.63) is 12.2 Å². The lowest BCUT2D eigenvalue weighted by Crippen LogP contribution is -2.28. The molecule has 0 aromatic carbocycles. The van der Waals surface area contributed by atoms with Crippen LogP contribution < -0.4 is 0 Å². The van der Waals surface area contributed by atoms with Gasteiger partial charge in [-0.1, -0.05) is 19.9 Å². The standard InChI is InChI=1S/C9H18O2Si/c1-8(2)6-7-9(10)11-12(3,4)5/h6-8H,1-5H3. The van der Waals surface area contributed by atoms with Crippen molar-refractivity contribution >= 4 is 14.3 Å². The highest BCUT2D eigenvalue weighted by atomic mass is 28.4. The summed E-state index contributed by atoms with van der Waals surface area (Å²) < 4.78 is 5.20. The van der Waals surface area contributed by atoms with Crippen molar-refractivity contribution in [1.29, 1.82) is 0 Å². The van der Waals surface area contributed by atoms with Gasteiger partial charge in [0.05, 0.1) is 0 Å². The van der Waals surface area contributed by atoms with Crippen LogP contribution in [0.3, 0.4) is 0 Å². The van der Waals surface area contributed by atoms with E-state index in [1.807, 2.05) is 39.6 Å². The van der Waals surface area contributed by atoms with Gasteiger partial charge in [0.1, 0.15) is 0 Å². The van der Waals surface area contributed by atoms with E-state index in [0.717, 1.165) is 0 Å². The van der Waals surface area contributed by atoms with Gasteiger partial charge in [0, 0.05) is 6.08 Å². The molecule has 0 aromatic rings. The summed E-state index contributed by atoms with van der Waals surface area (Å²) in [6.45, 7) is 10.0. The zero-order valence-corrected chi connectivity index (χ0v) is 9.55. The van der Waals surface area contributed by atoms with Crippen molar-refractivity contribution < 1.29 is 9.22 Å². The van der Waals surface area contributed by atoms with Crippen LogP contribution in [-0.4, -0.2) is 14.3 Å². The Kier molecular flexibility index (Phi) is 4.24. The third kappa shape index (κ3) is 7.53. The average Bonchev–Trinajstić information content (AvgIpc) is 1.79. The van der Waals surface area contributed by atoms with Crippen LogP contribution >= 0.6 is 0 Å². The molecule has 0 heterocycles. The Labute approximate surface area is 75.7 Å². The molecule has 70 valence electrons. The predicted molar refractivity (Wildman–Crippen MR) is 53.4 cm³/mol. The molecule has 0 aromatic heterocycles. The summed E-state index contributed by atoms with van der Waals surface area (Å²) in [5, 5.41) is 0. The number of hydrogen-bond donors (Lipinski definition) is 0. The quantitative estimate of drug-likeness (QED) is 0.500. The summed E-state index contributed by atoms with van der Waals surface area (Å²) in [7, 11) is -1.69. The maximum absolute atomic E-state index is 11.1. The third-order valence-electron chi connectivity index (χ3n) is 1.02. The van der Waals surface area contributed by atoms with Crippen LogP contribution in [0, 0.1) is 5.92 Å². The Bertz CT molecular complexity index is 177. The maximum Gasteiger partial charge on any atom is 0.317 e. The van der Waals surface area contributed by atoms with Crippen LogP contribution in [0.25, 0.3) is 0 Å². The van der Waals surface area contributed by atoms with Crippen molar-refractivity contribution in [2.45, 2.75) is 33.5 Å². The van der Waals surface area contributed by atoms with Crippen LogP contribution in [0.5, 0.6) is 0 Å². The minimum absolute atomic E-state index is 0.206. The van der Waals surface area contributed by atoms with Crippen molar-refractivity contribution in [3.8, 4) is 0 Å². The minimum Gasteiger partial charge on any atom is -0.517 e. The van der Waals surface area contributed by atoms with E-state index < -0.39 is 8.32 Å². The molecule has 0 atom stereocenters. The largest absolute Gasteiger partial charge is 0.517 e. The molecule has 0 bridgehead atoms. The Morgan fingerprint density at radius 1 is 1.33 bits per heavy atom. The van der Waals surface area contributed by atoms with Crippen LogP contribution in [0.15, 0.2) is 12.2 Å². The van der Waals surface area contributed by atoms with Gasteiger partial charge in [-0.25, -0.2) is 4.79 Å². The lowest BCUT2D eigenvalue weighted by molar-refractivity contribution is -0.129. The molecule has 0 N–H and O–H groups in total. The molecule has 2 nitrogen and oxygen atoms in total. The first kappa shape index (κ1) is 11.4. The van der Waals surface area contributed by atoms with Gasteiger partial charge < -0.3 is 4.43 Å². The SMILES string of the molecule is CC(C)C=CC(=O)O[Si](C)(C)C. The Balaban J connectivity index is 3.91. The van der Waals surface area contributed by atoms with Crippen LogP contribution in [-0.2, 0) is 9.22 Å². The molecule has 12 heavy (non-hydrogen) atoms. The molecule has 0 aliphatic carbocycles. The summed E-state index contributed by atoms with van der Waals surface area (Å²) in [5.74, 6) is 0.196. The predicted octanol–water partition coefficient (Wildman–Crippen LogP) is 2.58. The van der Waals surface area contributed by atoms with E-state index in [2.05, 4.69) is 0 Å². The topological polar surface area (TPSA) is 26.3 Å². The monoisotopic (exact) mass is 186 g/mol. The number of rotatable bonds is 3. The second-order valence-corrected chi connectivity index (χ2v) is 8.57. The minimum atomic E-state index is -1.69. The van der Waals surface area contributed by atoms with Crippen molar-refractivity contribution in [2.24, 2.45) is 5.92 Å². The fraction of sp³-hybridized carbons (Fsp3) is 0.667. The highest BCUT2D eigenvalue weighted by Gasteiger charge is 2.17. The first-order valence-corrected chi connectivity index (χ1v) is 7.63. The zero-order chi connectivity index (χ0) is 9.78. The molecular weight excluding hydrogens is 168 g/mol. The number of carbonyl (C=O) groups excluding carboxylic acids is 1. The normalized spacial score (nSPS) is 12.5. The highest BCUT2D eigenvalue weighted by Crippen LogP contribution is 2.04. The first-order chi connectivity index (χ1) is 5.31. The van der Waals surface area contributed by atoms with Gasteiger partial charge >= 0.3 is 5.97 Å². The smallest absolute Gasteiger partial charge is 0.317 e. The second-order valence-electron chi connectivity index (χ2n) is 4.14. The lowest BCUT2D eigenvalue weighted by atomic mass is 10.2. The third-order valence-corrected chi connectivity index (χ3v) is 1.84. The molecule has 0 unspecified atom stereocenters. The average molecular weight is 186 g/mol. The van der Waals surface area contributed by atoms with E-state index in [0.29, 0.717) is 5.92 Å². The van der Waals surface area contributed by atoms with Crippen LogP contribution in [0.1, 0.15) is 13.8 Å². The highest BCUT2D eigenvalue weighted by molar-refractivity contribution is 6.71. The van der Waals surface area contributed by atoms with Gasteiger partial charge in [-0.15, -0.1) is 0 Å². The fourth-order valence-corrected chi connectivity index (χ4v) is 1.28. The molecular formula is C9H18O2Si. The van der Waals surface area contributed by atoms with E-state index in [-0.39, 0.29) is 5.97 Å². The number of allylic oxidation sites excluding steroid dienone is 1. The molecule has 0 amide bonds. The fourth-order valence-electron chi connectivity index (χ4n) is 0.607. The molecule has 3 heteroatoms. The Morgan fingerprint density at radius 2 is 1.83 bits per heavy atom. The van der Waals surface area contributed by atoms with Crippen molar-refractivity contribution in [1.82, 2.24) is 0 Å². The van der Waals surface area contributed by atoms with E-state index in [1.165, 1.54) is 6.08 Å². The Morgan fingerprint density at radius 3 is 2.17 bits per heavy atom. The van der Waals surface area contributed by atoms with Gasteiger partial charge in [-0.05, 0) is 25.6 Å². The molecule has 0 aliphatic rings. The molecule has 0 aliphatic heterocycles. The molecule has 0 saturated heterocycles. The molecule has 0 saturated carbocycles. The first-order valence-electron chi connectivity index (χ1n) is 4.22. The number of hydrogen-bond acceptors (Lipinski definition) is 2. The van der Waals surface area contributed by atoms with Crippen molar-refractivity contribution in [2.75, 3.05) is 0 Å². The van der Waals surface area contributed by atoms with Gasteiger partial charge in [-0.3, -0.25) is 0 Å². The van der Waals surface area contributed by atoms with Gasteiger partial charge in [-0.2, -0.15) is 0 Å². The van der Waals surface area contributed by atoms with E-state index in [9.17, 15) is 4.79 Å². The summed E-state index contributed by atoms with van der Waals surface area (Å²) in [6, 6.07) is 0. The van der Waals surface area contributed by atoms with Crippen molar-refractivity contribution in [3.63, 3.8) is 0 Å². The second kappa shape index (κ2) is 4.45. The Hall–Kier alpha value is -0.573. The maximum atomic E-state index is 11.1. The van der Waals surface area contributed by atoms with Crippen LogP contribution in [0.4, 0.5) is 0 Å². The molecule has 0 fully saturated rings. The van der Waals surface area contributed by atoms with Crippen LogP contribution in [0.2, 0.25) is 19.6 Å². The lowest BCUT2D eigenvalue weighted by Gasteiger charge is -2.15. The van der Waals surface area contributed by atoms with E-state index in [1.54, 1.807) is 0 Å². The molecule has 0 spiro atoms. The summed E-state index contributed by atoms with van der Waals surface area (Å²) in [5.41, 5.74) is 0. The summed E-state index contributed by atoms with van der Waals surface area (Å²) in [4.78, 5) is 11.1. The number of carbonyl (C=O) groups is 1. The molecule has 0 radical (unpaired) electrons. The van der Waals surface area contributed by atoms with E-state index >= 15 is 0 Å². The van der Waals surface area contributed by atoms with Gasteiger partial charge in [0.25, 0.3) is 0 Å². The van der Waals surface area contributed by atoms with Gasteiger partial charge in [0.15, 0.2) is 0 Å². The van der Waals surface area contributed by atoms with Gasteiger partial charge in [0.2, 0.25) is 8.32 Å².